The van der Waals surface area contributed by atoms with Crippen LogP contribution in [0.5, 0.6) is 0 Å². The first kappa shape index (κ1) is 13.3. The minimum Gasteiger partial charge on any atom is -0.313 e. The summed E-state index contributed by atoms with van der Waals surface area (Å²) >= 11 is 6.10. The molecule has 0 unspecified atom stereocenters. The van der Waals surface area contributed by atoms with Gasteiger partial charge >= 0.3 is 0 Å². The van der Waals surface area contributed by atoms with E-state index < -0.39 is 0 Å². The van der Waals surface area contributed by atoms with Crippen LogP contribution in [0, 0.1) is 6.92 Å². The van der Waals surface area contributed by atoms with Crippen LogP contribution in [-0.2, 0) is 0 Å². The predicted molar refractivity (Wildman–Crippen MR) is 73.0 cm³/mol. The summed E-state index contributed by atoms with van der Waals surface area (Å²) in [6.45, 7) is 8.29. The van der Waals surface area contributed by atoms with Crippen molar-refractivity contribution in [1.29, 1.82) is 0 Å². The zero-order chi connectivity index (χ0) is 12.0. The summed E-state index contributed by atoms with van der Waals surface area (Å²) in [5.41, 5.74) is 3.72. The molecule has 1 rings (SSSR count). The minimum absolute atomic E-state index is 0.840. The van der Waals surface area contributed by atoms with Gasteiger partial charge in [0.2, 0.25) is 0 Å². The monoisotopic (exact) mass is 237 g/mol. The first-order valence-corrected chi connectivity index (χ1v) is 6.21. The average Bonchev–Trinajstić information content (AvgIpc) is 2.29. The summed E-state index contributed by atoms with van der Waals surface area (Å²) in [6, 6.07) is 6.20. The van der Waals surface area contributed by atoms with Gasteiger partial charge in [-0.15, -0.1) is 0 Å². The Hall–Kier alpha value is -0.790. The zero-order valence-corrected chi connectivity index (χ0v) is 11.1. The molecule has 1 nitrogen and oxygen atoms in total. The largest absolute Gasteiger partial charge is 0.313 e. The summed E-state index contributed by atoms with van der Waals surface area (Å²) in [7, 11) is 0. The molecule has 0 aliphatic heterocycles. The van der Waals surface area contributed by atoms with Crippen LogP contribution in [0.4, 0.5) is 0 Å². The van der Waals surface area contributed by atoms with Crippen LogP contribution in [0.3, 0.4) is 0 Å². The van der Waals surface area contributed by atoms with Crippen molar-refractivity contribution in [2.24, 2.45) is 0 Å². The molecule has 0 heterocycles. The Bertz CT molecular complexity index is 369. The van der Waals surface area contributed by atoms with E-state index in [1.54, 1.807) is 0 Å². The van der Waals surface area contributed by atoms with Crippen molar-refractivity contribution in [3.05, 3.63) is 39.9 Å². The Morgan fingerprint density at radius 1 is 1.38 bits per heavy atom. The second kappa shape index (κ2) is 6.72. The second-order valence-corrected chi connectivity index (χ2v) is 4.35. The van der Waals surface area contributed by atoms with Crippen molar-refractivity contribution >= 4 is 17.7 Å². The Morgan fingerprint density at radius 3 is 2.69 bits per heavy atom. The molecule has 0 aromatic heterocycles. The van der Waals surface area contributed by atoms with E-state index in [9.17, 15) is 0 Å². The maximum Gasteiger partial charge on any atom is 0.0441 e. The zero-order valence-electron chi connectivity index (χ0n) is 10.3. The third kappa shape index (κ3) is 3.99. The van der Waals surface area contributed by atoms with E-state index in [-0.39, 0.29) is 0 Å². The molecular formula is C14H20ClN. The average molecular weight is 238 g/mol. The molecule has 0 aliphatic carbocycles. The van der Waals surface area contributed by atoms with Gasteiger partial charge in [0.1, 0.15) is 0 Å². The first-order chi connectivity index (χ1) is 7.67. The highest BCUT2D eigenvalue weighted by Crippen LogP contribution is 2.19. The fourth-order valence-corrected chi connectivity index (χ4v) is 1.69. The van der Waals surface area contributed by atoms with Gasteiger partial charge in [-0.2, -0.15) is 0 Å². The number of aryl methyl sites for hydroxylation is 1. The van der Waals surface area contributed by atoms with E-state index in [1.807, 2.05) is 13.0 Å². The lowest BCUT2D eigenvalue weighted by Gasteiger charge is -2.06. The maximum atomic E-state index is 6.10. The molecule has 0 saturated carbocycles. The van der Waals surface area contributed by atoms with Crippen molar-refractivity contribution in [2.75, 3.05) is 13.1 Å². The molecule has 2 heteroatoms. The molecule has 0 aliphatic rings. The lowest BCUT2D eigenvalue weighted by Crippen LogP contribution is -2.15. The maximum absolute atomic E-state index is 6.10. The van der Waals surface area contributed by atoms with Crippen LogP contribution in [0.2, 0.25) is 5.02 Å². The quantitative estimate of drug-likeness (QED) is 0.815. The summed E-state index contributed by atoms with van der Waals surface area (Å²) < 4.78 is 0. The normalized spacial score (nSPS) is 11.9. The third-order valence-corrected chi connectivity index (χ3v) is 3.03. The molecule has 0 spiro atoms. The number of nitrogens with one attached hydrogen (secondary N) is 1. The second-order valence-electron chi connectivity index (χ2n) is 3.95. The van der Waals surface area contributed by atoms with Crippen LogP contribution < -0.4 is 5.32 Å². The number of halogens is 1. The predicted octanol–water partition coefficient (Wildman–Crippen LogP) is 4.05. The summed E-state index contributed by atoms with van der Waals surface area (Å²) in [4.78, 5) is 0. The lowest BCUT2D eigenvalue weighted by atomic mass is 10.1. The van der Waals surface area contributed by atoms with Gasteiger partial charge in [0.25, 0.3) is 0 Å². The summed E-state index contributed by atoms with van der Waals surface area (Å²) in [5.74, 6) is 0. The minimum atomic E-state index is 0.840. The molecule has 0 bridgehead atoms. The molecule has 1 N–H and O–H groups in total. The van der Waals surface area contributed by atoms with Crippen molar-refractivity contribution in [2.45, 2.75) is 27.2 Å². The third-order valence-electron chi connectivity index (χ3n) is 2.62. The number of likely N-dealkylation sites (N-methyl/N-ethyl adjacent to an activating group) is 1. The molecule has 0 amide bonds. The van der Waals surface area contributed by atoms with Crippen LogP contribution in [0.15, 0.2) is 23.8 Å². The molecule has 0 fully saturated rings. The molecule has 0 saturated heterocycles. The Kier molecular flexibility index (Phi) is 5.58. The highest BCUT2D eigenvalue weighted by molar-refractivity contribution is 6.31. The molecular weight excluding hydrogens is 218 g/mol. The van der Waals surface area contributed by atoms with E-state index in [0.717, 1.165) is 30.1 Å². The number of hydrogen-bond acceptors (Lipinski definition) is 1. The van der Waals surface area contributed by atoms with E-state index in [0.29, 0.717) is 0 Å². The highest BCUT2D eigenvalue weighted by Gasteiger charge is 1.98. The van der Waals surface area contributed by atoms with Crippen LogP contribution in [-0.4, -0.2) is 13.1 Å². The Labute approximate surface area is 104 Å². The molecule has 16 heavy (non-hydrogen) atoms. The standard InChI is InChI=1S/C14H20ClN/c1-4-12(10-16-5-2)8-13-7-6-11(3)14(15)9-13/h6-9,16H,4-5,10H2,1-3H3/b12-8+. The van der Waals surface area contributed by atoms with Gasteiger partial charge in [0.15, 0.2) is 0 Å². The van der Waals surface area contributed by atoms with Gasteiger partial charge < -0.3 is 5.32 Å². The van der Waals surface area contributed by atoms with Crippen molar-refractivity contribution in [3.63, 3.8) is 0 Å². The molecule has 1 aromatic carbocycles. The molecule has 1 aromatic rings. The fraction of sp³-hybridized carbons (Fsp3) is 0.429. The summed E-state index contributed by atoms with van der Waals surface area (Å²) in [5, 5.41) is 4.18. The van der Waals surface area contributed by atoms with E-state index in [4.69, 9.17) is 11.6 Å². The van der Waals surface area contributed by atoms with Crippen molar-refractivity contribution in [1.82, 2.24) is 5.32 Å². The van der Waals surface area contributed by atoms with Crippen molar-refractivity contribution in [3.8, 4) is 0 Å². The molecule has 0 radical (unpaired) electrons. The number of rotatable bonds is 5. The van der Waals surface area contributed by atoms with Gasteiger partial charge in [0, 0.05) is 11.6 Å². The van der Waals surface area contributed by atoms with E-state index in [2.05, 4.69) is 37.4 Å². The molecule has 88 valence electrons. The summed E-state index contributed by atoms with van der Waals surface area (Å²) in [6.07, 6.45) is 3.28. The highest BCUT2D eigenvalue weighted by atomic mass is 35.5. The Balaban J connectivity index is 2.82. The van der Waals surface area contributed by atoms with Gasteiger partial charge in [-0.25, -0.2) is 0 Å². The van der Waals surface area contributed by atoms with Gasteiger partial charge in [-0.1, -0.05) is 49.2 Å². The van der Waals surface area contributed by atoms with E-state index >= 15 is 0 Å². The first-order valence-electron chi connectivity index (χ1n) is 5.83. The fourth-order valence-electron chi connectivity index (χ4n) is 1.50. The van der Waals surface area contributed by atoms with E-state index in [1.165, 1.54) is 11.1 Å². The lowest BCUT2D eigenvalue weighted by molar-refractivity contribution is 0.762. The Morgan fingerprint density at radius 2 is 2.12 bits per heavy atom. The van der Waals surface area contributed by atoms with Gasteiger partial charge in [-0.3, -0.25) is 0 Å². The molecule has 0 atom stereocenters. The topological polar surface area (TPSA) is 12.0 Å². The van der Waals surface area contributed by atoms with Crippen molar-refractivity contribution < 1.29 is 0 Å². The van der Waals surface area contributed by atoms with Crippen LogP contribution in [0.1, 0.15) is 31.4 Å². The van der Waals surface area contributed by atoms with Crippen LogP contribution in [0.25, 0.3) is 6.08 Å². The number of hydrogen-bond donors (Lipinski definition) is 1. The van der Waals surface area contributed by atoms with Crippen LogP contribution >= 0.6 is 11.6 Å². The smallest absolute Gasteiger partial charge is 0.0441 e. The van der Waals surface area contributed by atoms with Gasteiger partial charge in [0.05, 0.1) is 0 Å². The SMILES string of the molecule is CCNC/C(=C/c1ccc(C)c(Cl)c1)CC. The number of benzene rings is 1. The van der Waals surface area contributed by atoms with Gasteiger partial charge in [-0.05, 0) is 37.1 Å².